The van der Waals surface area contributed by atoms with Crippen molar-refractivity contribution in [2.45, 2.75) is 17.5 Å². The van der Waals surface area contributed by atoms with Crippen LogP contribution in [0.1, 0.15) is 11.1 Å². The van der Waals surface area contributed by atoms with Gasteiger partial charge < -0.3 is 14.0 Å². The van der Waals surface area contributed by atoms with Gasteiger partial charge in [-0.25, -0.2) is 0 Å². The van der Waals surface area contributed by atoms with Crippen LogP contribution in [-0.2, 0) is 19.4 Å². The van der Waals surface area contributed by atoms with Crippen LogP contribution in [0.25, 0.3) is 11.4 Å². The number of methoxy groups -OCH3 is 1. The molecule has 0 saturated heterocycles. The Hall–Kier alpha value is -3.25. The Morgan fingerprint density at radius 1 is 0.833 bits per heavy atom. The summed E-state index contributed by atoms with van der Waals surface area (Å²) in [7, 11) is 3.63. The fraction of sp³-hybridized carbons (Fsp3) is 0.167. The Kier molecular flexibility index (Phi) is 6.35. The van der Waals surface area contributed by atoms with Crippen LogP contribution in [0.15, 0.2) is 84.0 Å². The predicted octanol–water partition coefficient (Wildman–Crippen LogP) is 5.36. The van der Waals surface area contributed by atoms with Crippen molar-refractivity contribution in [1.29, 1.82) is 0 Å². The summed E-state index contributed by atoms with van der Waals surface area (Å²) in [5.41, 5.74) is 3.30. The largest absolute Gasteiger partial charge is 0.493 e. The van der Waals surface area contributed by atoms with Crippen molar-refractivity contribution in [1.82, 2.24) is 14.8 Å². The van der Waals surface area contributed by atoms with Crippen molar-refractivity contribution >= 4 is 11.8 Å². The molecule has 0 fully saturated rings. The van der Waals surface area contributed by atoms with Crippen LogP contribution in [0.4, 0.5) is 0 Å². The third-order valence-electron chi connectivity index (χ3n) is 4.70. The average Bonchev–Trinajstić information content (AvgIpc) is 3.17. The Labute approximate surface area is 180 Å². The Morgan fingerprint density at radius 3 is 2.23 bits per heavy atom. The van der Waals surface area contributed by atoms with E-state index in [9.17, 15) is 0 Å². The first-order valence-electron chi connectivity index (χ1n) is 9.66. The standard InChI is InChI=1S/C24H23N3O2S/c1-27-23(25-26-24(27)30-17-19-11-7-4-8-12-19)20-13-14-21(22(15-20)28-2)29-16-18-9-5-3-6-10-18/h3-15H,16-17H2,1-2H3. The first-order valence-corrected chi connectivity index (χ1v) is 10.6. The van der Waals surface area contributed by atoms with Crippen LogP contribution in [0, 0.1) is 0 Å². The fourth-order valence-corrected chi connectivity index (χ4v) is 3.94. The summed E-state index contributed by atoms with van der Waals surface area (Å²) >= 11 is 1.67. The molecule has 0 N–H and O–H groups in total. The molecule has 4 rings (SSSR count). The van der Waals surface area contributed by atoms with E-state index in [-0.39, 0.29) is 0 Å². The van der Waals surface area contributed by atoms with Gasteiger partial charge in [-0.3, -0.25) is 0 Å². The topological polar surface area (TPSA) is 49.2 Å². The van der Waals surface area contributed by atoms with Gasteiger partial charge in [-0.2, -0.15) is 0 Å². The molecule has 1 heterocycles. The average molecular weight is 418 g/mol. The van der Waals surface area contributed by atoms with Crippen molar-refractivity contribution in [3.05, 3.63) is 90.0 Å². The summed E-state index contributed by atoms with van der Waals surface area (Å²) in [4.78, 5) is 0. The minimum absolute atomic E-state index is 0.487. The summed E-state index contributed by atoms with van der Waals surface area (Å²) in [6.45, 7) is 0.487. The molecule has 0 unspecified atom stereocenters. The molecule has 5 nitrogen and oxygen atoms in total. The lowest BCUT2D eigenvalue weighted by molar-refractivity contribution is 0.284. The molecule has 0 aliphatic carbocycles. The molecule has 0 radical (unpaired) electrons. The van der Waals surface area contributed by atoms with Crippen LogP contribution in [0.3, 0.4) is 0 Å². The van der Waals surface area contributed by atoms with Gasteiger partial charge in [-0.15, -0.1) is 10.2 Å². The molecule has 0 aliphatic heterocycles. The van der Waals surface area contributed by atoms with E-state index in [4.69, 9.17) is 9.47 Å². The monoisotopic (exact) mass is 417 g/mol. The van der Waals surface area contributed by atoms with Gasteiger partial charge in [0.1, 0.15) is 6.61 Å². The van der Waals surface area contributed by atoms with Gasteiger partial charge in [-0.05, 0) is 29.3 Å². The van der Waals surface area contributed by atoms with E-state index < -0.39 is 0 Å². The van der Waals surface area contributed by atoms with E-state index in [1.807, 2.05) is 78.3 Å². The zero-order valence-corrected chi connectivity index (χ0v) is 17.8. The van der Waals surface area contributed by atoms with Gasteiger partial charge in [0.05, 0.1) is 7.11 Å². The maximum absolute atomic E-state index is 5.96. The normalized spacial score (nSPS) is 10.7. The molecule has 0 spiro atoms. The number of aromatic nitrogens is 3. The molecule has 0 aliphatic rings. The number of hydrogen-bond acceptors (Lipinski definition) is 5. The second-order valence-corrected chi connectivity index (χ2v) is 7.72. The highest BCUT2D eigenvalue weighted by Crippen LogP contribution is 2.33. The van der Waals surface area contributed by atoms with Crippen molar-refractivity contribution < 1.29 is 9.47 Å². The number of benzene rings is 3. The first kappa shape index (κ1) is 20.0. The lowest BCUT2D eigenvalue weighted by Crippen LogP contribution is -1.99. The number of nitrogens with zero attached hydrogens (tertiary/aromatic N) is 3. The highest BCUT2D eigenvalue weighted by Gasteiger charge is 2.14. The Bertz CT molecular complexity index is 1100. The molecule has 0 saturated carbocycles. The van der Waals surface area contributed by atoms with Crippen LogP contribution < -0.4 is 9.47 Å². The van der Waals surface area contributed by atoms with Gasteiger partial charge >= 0.3 is 0 Å². The molecule has 3 aromatic carbocycles. The third kappa shape index (κ3) is 4.66. The van der Waals surface area contributed by atoms with Crippen molar-refractivity contribution in [2.75, 3.05) is 7.11 Å². The molecule has 4 aromatic rings. The second kappa shape index (κ2) is 9.50. The van der Waals surface area contributed by atoms with E-state index in [1.54, 1.807) is 18.9 Å². The maximum atomic E-state index is 5.96. The van der Waals surface area contributed by atoms with Crippen molar-refractivity contribution in [3.63, 3.8) is 0 Å². The smallest absolute Gasteiger partial charge is 0.191 e. The zero-order valence-electron chi connectivity index (χ0n) is 17.0. The lowest BCUT2D eigenvalue weighted by Gasteiger charge is -2.12. The van der Waals surface area contributed by atoms with E-state index in [2.05, 4.69) is 22.3 Å². The van der Waals surface area contributed by atoms with Gasteiger partial charge in [0.2, 0.25) is 0 Å². The highest BCUT2D eigenvalue weighted by atomic mass is 32.2. The molecule has 30 heavy (non-hydrogen) atoms. The van der Waals surface area contributed by atoms with Gasteiger partial charge in [-0.1, -0.05) is 72.4 Å². The first-order chi connectivity index (χ1) is 14.7. The van der Waals surface area contributed by atoms with Crippen LogP contribution in [0.5, 0.6) is 11.5 Å². The van der Waals surface area contributed by atoms with E-state index in [0.29, 0.717) is 18.1 Å². The second-order valence-electron chi connectivity index (χ2n) is 6.78. The minimum atomic E-state index is 0.487. The van der Waals surface area contributed by atoms with Crippen LogP contribution in [0.2, 0.25) is 0 Å². The molecular formula is C24H23N3O2S. The van der Waals surface area contributed by atoms with Crippen LogP contribution >= 0.6 is 11.8 Å². The van der Waals surface area contributed by atoms with E-state index in [0.717, 1.165) is 27.9 Å². The molecule has 0 atom stereocenters. The predicted molar refractivity (Wildman–Crippen MR) is 120 cm³/mol. The van der Waals surface area contributed by atoms with Gasteiger partial charge in [0.15, 0.2) is 22.5 Å². The zero-order chi connectivity index (χ0) is 20.8. The Balaban J connectivity index is 1.49. The minimum Gasteiger partial charge on any atom is -0.493 e. The highest BCUT2D eigenvalue weighted by molar-refractivity contribution is 7.98. The summed E-state index contributed by atoms with van der Waals surface area (Å²) in [5.74, 6) is 3.01. The molecular weight excluding hydrogens is 394 g/mol. The quantitative estimate of drug-likeness (QED) is 0.361. The summed E-state index contributed by atoms with van der Waals surface area (Å²) in [6, 6.07) is 26.3. The van der Waals surface area contributed by atoms with E-state index >= 15 is 0 Å². The molecule has 0 amide bonds. The van der Waals surface area contributed by atoms with Gasteiger partial charge in [0.25, 0.3) is 0 Å². The number of hydrogen-bond donors (Lipinski definition) is 0. The third-order valence-corrected chi connectivity index (χ3v) is 5.80. The van der Waals surface area contributed by atoms with Crippen molar-refractivity contribution in [3.8, 4) is 22.9 Å². The SMILES string of the molecule is COc1cc(-c2nnc(SCc3ccccc3)n2C)ccc1OCc1ccccc1. The lowest BCUT2D eigenvalue weighted by atomic mass is 10.2. The molecule has 6 heteroatoms. The summed E-state index contributed by atoms with van der Waals surface area (Å²) in [5, 5.41) is 9.63. The summed E-state index contributed by atoms with van der Waals surface area (Å²) < 4.78 is 13.5. The van der Waals surface area contributed by atoms with Crippen molar-refractivity contribution in [2.24, 2.45) is 7.05 Å². The molecule has 0 bridgehead atoms. The number of ether oxygens (including phenoxy) is 2. The molecule has 1 aromatic heterocycles. The summed E-state index contributed by atoms with van der Waals surface area (Å²) in [6.07, 6.45) is 0. The van der Waals surface area contributed by atoms with Crippen LogP contribution in [-0.4, -0.2) is 21.9 Å². The van der Waals surface area contributed by atoms with E-state index in [1.165, 1.54) is 5.56 Å². The maximum Gasteiger partial charge on any atom is 0.191 e. The van der Waals surface area contributed by atoms with Gasteiger partial charge in [0, 0.05) is 18.4 Å². The molecule has 152 valence electrons. The Morgan fingerprint density at radius 2 is 1.53 bits per heavy atom. The fourth-order valence-electron chi connectivity index (χ4n) is 3.08. The number of rotatable bonds is 8. The number of thioether (sulfide) groups is 1.